The van der Waals surface area contributed by atoms with Crippen molar-refractivity contribution in [1.82, 2.24) is 4.98 Å². The average molecular weight is 500 g/mol. The molecule has 4 rings (SSSR count). The number of anilines is 2. The van der Waals surface area contributed by atoms with E-state index in [2.05, 4.69) is 15.6 Å². The number of hydrogen-bond acceptors (Lipinski definition) is 7. The van der Waals surface area contributed by atoms with Crippen LogP contribution in [0.5, 0.6) is 0 Å². The molecule has 4 aromatic rings. The summed E-state index contributed by atoms with van der Waals surface area (Å²) in [5.41, 5.74) is 1.00. The Labute approximate surface area is 198 Å². The van der Waals surface area contributed by atoms with E-state index >= 15 is 0 Å². The van der Waals surface area contributed by atoms with E-state index in [9.17, 15) is 22.4 Å². The highest BCUT2D eigenvalue weighted by Crippen LogP contribution is 2.29. The summed E-state index contributed by atoms with van der Waals surface area (Å²) in [7, 11) is -3.68. The number of hydrogen-bond donors (Lipinski definition) is 2. The highest BCUT2D eigenvalue weighted by molar-refractivity contribution is 7.90. The predicted octanol–water partition coefficient (Wildman–Crippen LogP) is 4.73. The van der Waals surface area contributed by atoms with Crippen LogP contribution in [0.3, 0.4) is 0 Å². The Hall–Kier alpha value is -3.83. The van der Waals surface area contributed by atoms with Crippen LogP contribution in [0.15, 0.2) is 75.6 Å². The molecule has 2 aromatic carbocycles. The van der Waals surface area contributed by atoms with Gasteiger partial charge in [-0.05, 0) is 36.4 Å². The first kappa shape index (κ1) is 23.3. The maximum Gasteiger partial charge on any atom is 0.293 e. The van der Waals surface area contributed by atoms with E-state index in [1.54, 1.807) is 29.6 Å². The lowest BCUT2D eigenvalue weighted by Crippen LogP contribution is -2.14. The lowest BCUT2D eigenvalue weighted by atomic mass is 10.1. The average Bonchev–Trinajstić information content (AvgIpc) is 3.43. The normalized spacial score (nSPS) is 11.2. The van der Waals surface area contributed by atoms with E-state index in [1.165, 1.54) is 43.5 Å². The lowest BCUT2D eigenvalue weighted by molar-refractivity contribution is -0.114. The van der Waals surface area contributed by atoms with Crippen molar-refractivity contribution in [2.24, 2.45) is 0 Å². The summed E-state index contributed by atoms with van der Waals surface area (Å²) in [6, 6.07) is 13.5. The zero-order valence-electron chi connectivity index (χ0n) is 17.7. The van der Waals surface area contributed by atoms with Crippen molar-refractivity contribution in [1.29, 1.82) is 0 Å². The number of aromatic nitrogens is 1. The van der Waals surface area contributed by atoms with Crippen LogP contribution in [-0.2, 0) is 20.4 Å². The minimum atomic E-state index is -3.68. The number of halogens is 1. The third-order valence-electron chi connectivity index (χ3n) is 4.69. The zero-order valence-corrected chi connectivity index (χ0v) is 19.4. The molecule has 0 fully saturated rings. The van der Waals surface area contributed by atoms with Gasteiger partial charge >= 0.3 is 0 Å². The van der Waals surface area contributed by atoms with Crippen LogP contribution < -0.4 is 10.6 Å². The second kappa shape index (κ2) is 9.57. The van der Waals surface area contributed by atoms with Gasteiger partial charge in [-0.3, -0.25) is 14.9 Å². The molecule has 2 heterocycles. The van der Waals surface area contributed by atoms with Gasteiger partial charge in [0.05, 0.1) is 22.6 Å². The molecular weight excluding hydrogens is 481 g/mol. The summed E-state index contributed by atoms with van der Waals surface area (Å²) in [4.78, 5) is 28.2. The molecule has 0 unspecified atom stereocenters. The molecule has 0 aliphatic rings. The summed E-state index contributed by atoms with van der Waals surface area (Å²) >= 11 is 1.07. The van der Waals surface area contributed by atoms with Gasteiger partial charge < -0.3 is 9.73 Å². The highest BCUT2D eigenvalue weighted by Gasteiger charge is 2.23. The van der Waals surface area contributed by atoms with Crippen LogP contribution in [0.4, 0.5) is 15.2 Å². The fourth-order valence-electron chi connectivity index (χ4n) is 3.18. The van der Waals surface area contributed by atoms with Gasteiger partial charge in [-0.15, -0.1) is 11.3 Å². The third kappa shape index (κ3) is 5.21. The van der Waals surface area contributed by atoms with E-state index in [0.29, 0.717) is 11.4 Å². The van der Waals surface area contributed by atoms with Gasteiger partial charge in [0.1, 0.15) is 5.82 Å². The number of amides is 2. The Morgan fingerprint density at radius 1 is 1.09 bits per heavy atom. The van der Waals surface area contributed by atoms with Gasteiger partial charge in [0, 0.05) is 29.1 Å². The Kier molecular flexibility index (Phi) is 6.57. The zero-order chi connectivity index (χ0) is 24.3. The summed E-state index contributed by atoms with van der Waals surface area (Å²) < 4.78 is 45.1. The first-order valence-electron chi connectivity index (χ1n) is 9.91. The molecule has 2 aromatic heterocycles. The number of sulfone groups is 1. The number of rotatable bonds is 7. The topological polar surface area (TPSA) is 118 Å². The molecule has 2 N–H and O–H groups in total. The number of nitrogens with zero attached hydrogens (tertiary/aromatic N) is 1. The van der Waals surface area contributed by atoms with Crippen molar-refractivity contribution in [3.05, 3.63) is 83.4 Å². The number of carbonyl (C=O) groups is 2. The second-order valence-electron chi connectivity index (χ2n) is 7.21. The van der Waals surface area contributed by atoms with Crippen molar-refractivity contribution >= 4 is 43.8 Å². The Morgan fingerprint density at radius 2 is 1.85 bits per heavy atom. The van der Waals surface area contributed by atoms with Gasteiger partial charge in [0.2, 0.25) is 5.91 Å². The molecule has 0 saturated heterocycles. The van der Waals surface area contributed by atoms with Crippen LogP contribution in [0.2, 0.25) is 0 Å². The van der Waals surface area contributed by atoms with Crippen LogP contribution in [0.25, 0.3) is 11.3 Å². The van der Waals surface area contributed by atoms with Crippen LogP contribution in [0.1, 0.15) is 23.0 Å². The van der Waals surface area contributed by atoms with Gasteiger partial charge in [0.15, 0.2) is 20.7 Å². The SMILES string of the molecule is CC(=O)Nc1ccc(-c2csc(NC(=O)c3occc3CS(=O)(=O)c3ccccc3)n2)c(F)c1. The fraction of sp³-hybridized carbons (Fsp3) is 0.0870. The Bertz CT molecular complexity index is 1460. The molecule has 0 saturated carbocycles. The molecule has 0 spiro atoms. The largest absolute Gasteiger partial charge is 0.459 e. The third-order valence-corrected chi connectivity index (χ3v) is 7.13. The summed E-state index contributed by atoms with van der Waals surface area (Å²) in [6.07, 6.45) is 1.24. The molecule has 8 nitrogen and oxygen atoms in total. The fourth-order valence-corrected chi connectivity index (χ4v) is 5.26. The number of nitrogens with one attached hydrogen (secondary N) is 2. The quantitative estimate of drug-likeness (QED) is 0.380. The van der Waals surface area contributed by atoms with Crippen molar-refractivity contribution in [2.75, 3.05) is 10.6 Å². The van der Waals surface area contributed by atoms with E-state index in [-0.39, 0.29) is 32.8 Å². The summed E-state index contributed by atoms with van der Waals surface area (Å²) in [5, 5.41) is 6.80. The number of thiazole rings is 1. The first-order valence-corrected chi connectivity index (χ1v) is 12.4. The first-order chi connectivity index (χ1) is 16.2. The molecule has 0 aliphatic carbocycles. The van der Waals surface area contributed by atoms with E-state index in [4.69, 9.17) is 4.42 Å². The molecule has 0 bridgehead atoms. The van der Waals surface area contributed by atoms with Crippen LogP contribution >= 0.6 is 11.3 Å². The molecule has 0 atom stereocenters. The van der Waals surface area contributed by atoms with Gasteiger partial charge in [-0.25, -0.2) is 17.8 Å². The van der Waals surface area contributed by atoms with Crippen LogP contribution in [-0.4, -0.2) is 25.2 Å². The van der Waals surface area contributed by atoms with Gasteiger partial charge in [-0.2, -0.15) is 0 Å². The highest BCUT2D eigenvalue weighted by atomic mass is 32.2. The van der Waals surface area contributed by atoms with Crippen molar-refractivity contribution < 1.29 is 26.8 Å². The minimum Gasteiger partial charge on any atom is -0.459 e. The van der Waals surface area contributed by atoms with Gasteiger partial charge in [-0.1, -0.05) is 18.2 Å². The molecule has 34 heavy (non-hydrogen) atoms. The molecular formula is C23H18FN3O5S2. The maximum absolute atomic E-state index is 14.5. The maximum atomic E-state index is 14.5. The van der Waals surface area contributed by atoms with Crippen molar-refractivity contribution in [3.8, 4) is 11.3 Å². The molecule has 2 amide bonds. The number of carbonyl (C=O) groups excluding carboxylic acids is 2. The standard InChI is InChI=1S/C23H18FN3O5S2/c1-14(28)25-16-7-8-18(19(24)11-16)20-12-33-23(26-20)27-22(29)21-15(9-10-32-21)13-34(30,31)17-5-3-2-4-6-17/h2-12H,13H2,1H3,(H,25,28)(H,26,27,29). The van der Waals surface area contributed by atoms with E-state index in [0.717, 1.165) is 11.3 Å². The molecule has 11 heteroatoms. The smallest absolute Gasteiger partial charge is 0.293 e. The summed E-state index contributed by atoms with van der Waals surface area (Å²) in [5.74, 6) is -2.15. The molecule has 0 aliphatic heterocycles. The Balaban J connectivity index is 1.49. The molecule has 174 valence electrons. The van der Waals surface area contributed by atoms with Gasteiger partial charge in [0.25, 0.3) is 5.91 Å². The van der Waals surface area contributed by atoms with Crippen molar-refractivity contribution in [2.45, 2.75) is 17.6 Å². The summed E-state index contributed by atoms with van der Waals surface area (Å²) in [6.45, 7) is 1.32. The van der Waals surface area contributed by atoms with Crippen molar-refractivity contribution in [3.63, 3.8) is 0 Å². The Morgan fingerprint density at radius 3 is 2.56 bits per heavy atom. The monoisotopic (exact) mass is 499 g/mol. The van der Waals surface area contributed by atoms with Crippen LogP contribution in [0, 0.1) is 5.82 Å². The lowest BCUT2D eigenvalue weighted by Gasteiger charge is -2.05. The van der Waals surface area contributed by atoms with E-state index < -0.39 is 27.3 Å². The predicted molar refractivity (Wildman–Crippen MR) is 126 cm³/mol. The molecule has 0 radical (unpaired) electrons. The minimum absolute atomic E-state index is 0.138. The second-order valence-corrected chi connectivity index (χ2v) is 10.1. The van der Waals surface area contributed by atoms with E-state index in [1.807, 2.05) is 0 Å². The number of benzene rings is 2. The number of furan rings is 1.